The lowest BCUT2D eigenvalue weighted by Gasteiger charge is -2.21. The lowest BCUT2D eigenvalue weighted by Crippen LogP contribution is -2.32. The molecule has 114 valence electrons. The zero-order valence-electron chi connectivity index (χ0n) is 12.8. The van der Waals surface area contributed by atoms with Crippen LogP contribution < -0.4 is 4.74 Å². The third-order valence-electron chi connectivity index (χ3n) is 4.53. The van der Waals surface area contributed by atoms with E-state index in [9.17, 15) is 9.90 Å². The summed E-state index contributed by atoms with van der Waals surface area (Å²) >= 11 is 0. The molecule has 1 aromatic carbocycles. The van der Waals surface area contributed by atoms with Gasteiger partial charge in [0.05, 0.1) is 12.7 Å². The Bertz CT molecular complexity index is 553. The average Bonchev–Trinajstić information content (AvgIpc) is 2.63. The van der Waals surface area contributed by atoms with Gasteiger partial charge in [-0.2, -0.15) is 0 Å². The Kier molecular flexibility index (Phi) is 3.66. The van der Waals surface area contributed by atoms with Gasteiger partial charge in [-0.1, -0.05) is 13.8 Å². The van der Waals surface area contributed by atoms with Crippen molar-refractivity contribution in [2.24, 2.45) is 0 Å². The van der Waals surface area contributed by atoms with Gasteiger partial charge in [-0.25, -0.2) is 0 Å². The minimum Gasteiger partial charge on any atom is -0.492 e. The highest BCUT2D eigenvalue weighted by Crippen LogP contribution is 2.38. The summed E-state index contributed by atoms with van der Waals surface area (Å²) in [7, 11) is 0. The number of carbonyl (C=O) groups excluding carboxylic acids is 1. The fourth-order valence-electron chi connectivity index (χ4n) is 3.12. The molecule has 1 fully saturated rings. The lowest BCUT2D eigenvalue weighted by molar-refractivity contribution is 0.0753. The van der Waals surface area contributed by atoms with Crippen LogP contribution in [0.5, 0.6) is 5.75 Å². The van der Waals surface area contributed by atoms with E-state index in [0.717, 1.165) is 36.3 Å². The Balaban J connectivity index is 1.82. The number of likely N-dealkylation sites (tertiary alicyclic amines) is 1. The SMILES string of the molecule is CC1(C)COc2ccc(C(=O)N3CCCC(O)CC3)cc21. The Labute approximate surface area is 125 Å². The highest BCUT2D eigenvalue weighted by Gasteiger charge is 2.32. The Hall–Kier alpha value is -1.55. The minimum absolute atomic E-state index is 0.0411. The molecule has 0 aliphatic carbocycles. The predicted molar refractivity (Wildman–Crippen MR) is 80.7 cm³/mol. The second kappa shape index (κ2) is 5.34. The molecule has 0 spiro atoms. The number of aliphatic hydroxyl groups excluding tert-OH is 1. The summed E-state index contributed by atoms with van der Waals surface area (Å²) < 4.78 is 5.67. The standard InChI is InChI=1S/C17H23NO3/c1-17(2)11-21-15-6-5-12(10-14(15)17)16(20)18-8-3-4-13(19)7-9-18/h5-6,10,13,19H,3-4,7-9,11H2,1-2H3. The van der Waals surface area contributed by atoms with Crippen molar-refractivity contribution in [3.8, 4) is 5.75 Å². The van der Waals surface area contributed by atoms with Crippen LogP contribution in [0.4, 0.5) is 0 Å². The first-order valence-corrected chi connectivity index (χ1v) is 7.72. The number of rotatable bonds is 1. The molecular formula is C17H23NO3. The third-order valence-corrected chi connectivity index (χ3v) is 4.53. The highest BCUT2D eigenvalue weighted by molar-refractivity contribution is 5.94. The number of nitrogens with zero attached hydrogens (tertiary/aromatic N) is 1. The first kappa shape index (κ1) is 14.4. The van der Waals surface area contributed by atoms with Crippen molar-refractivity contribution in [1.29, 1.82) is 0 Å². The van der Waals surface area contributed by atoms with Crippen molar-refractivity contribution in [2.75, 3.05) is 19.7 Å². The number of benzene rings is 1. The molecule has 2 aliphatic heterocycles. The molecule has 1 saturated heterocycles. The first-order chi connectivity index (χ1) is 9.97. The normalized spacial score (nSPS) is 24.1. The molecule has 1 aromatic rings. The second-order valence-corrected chi connectivity index (χ2v) is 6.76. The fraction of sp³-hybridized carbons (Fsp3) is 0.588. The summed E-state index contributed by atoms with van der Waals surface area (Å²) in [5.41, 5.74) is 1.80. The van der Waals surface area contributed by atoms with Gasteiger partial charge in [-0.15, -0.1) is 0 Å². The van der Waals surface area contributed by atoms with Crippen LogP contribution in [0, 0.1) is 0 Å². The van der Waals surface area contributed by atoms with Gasteiger partial charge in [0.1, 0.15) is 5.75 Å². The van der Waals surface area contributed by atoms with E-state index in [1.165, 1.54) is 0 Å². The molecule has 0 radical (unpaired) electrons. The van der Waals surface area contributed by atoms with Gasteiger partial charge >= 0.3 is 0 Å². The molecule has 0 aromatic heterocycles. The van der Waals surface area contributed by atoms with Gasteiger partial charge in [-0.05, 0) is 37.5 Å². The van der Waals surface area contributed by atoms with Crippen molar-refractivity contribution in [3.05, 3.63) is 29.3 Å². The topological polar surface area (TPSA) is 49.8 Å². The van der Waals surface area contributed by atoms with Crippen LogP contribution in [-0.4, -0.2) is 41.7 Å². The van der Waals surface area contributed by atoms with E-state index in [-0.39, 0.29) is 17.4 Å². The molecular weight excluding hydrogens is 266 g/mol. The highest BCUT2D eigenvalue weighted by atomic mass is 16.5. The molecule has 21 heavy (non-hydrogen) atoms. The van der Waals surface area contributed by atoms with E-state index in [1.807, 2.05) is 23.1 Å². The number of hydrogen-bond donors (Lipinski definition) is 1. The van der Waals surface area contributed by atoms with Crippen LogP contribution in [0.1, 0.15) is 49.0 Å². The molecule has 1 N–H and O–H groups in total. The molecule has 2 aliphatic rings. The second-order valence-electron chi connectivity index (χ2n) is 6.76. The van der Waals surface area contributed by atoms with Gasteiger partial charge in [0, 0.05) is 29.6 Å². The molecule has 4 nitrogen and oxygen atoms in total. The van der Waals surface area contributed by atoms with Crippen LogP contribution in [0.25, 0.3) is 0 Å². The molecule has 4 heteroatoms. The van der Waals surface area contributed by atoms with E-state index in [4.69, 9.17) is 4.74 Å². The number of fused-ring (bicyclic) bond motifs is 1. The molecule has 3 rings (SSSR count). The zero-order chi connectivity index (χ0) is 15.0. The van der Waals surface area contributed by atoms with Crippen molar-refractivity contribution < 1.29 is 14.6 Å². The van der Waals surface area contributed by atoms with Gasteiger partial charge in [0.2, 0.25) is 0 Å². The molecule has 1 amide bonds. The van der Waals surface area contributed by atoms with Crippen molar-refractivity contribution in [3.63, 3.8) is 0 Å². The third kappa shape index (κ3) is 2.77. The molecule has 1 unspecified atom stereocenters. The predicted octanol–water partition coefficient (Wildman–Crippen LogP) is 2.34. The maximum absolute atomic E-state index is 12.7. The lowest BCUT2D eigenvalue weighted by atomic mass is 9.86. The average molecular weight is 289 g/mol. The van der Waals surface area contributed by atoms with Gasteiger partial charge in [0.15, 0.2) is 0 Å². The van der Waals surface area contributed by atoms with E-state index in [2.05, 4.69) is 13.8 Å². The Morgan fingerprint density at radius 2 is 2.14 bits per heavy atom. The number of aliphatic hydroxyl groups is 1. The van der Waals surface area contributed by atoms with E-state index >= 15 is 0 Å². The van der Waals surface area contributed by atoms with E-state index in [1.54, 1.807) is 0 Å². The first-order valence-electron chi connectivity index (χ1n) is 7.72. The van der Waals surface area contributed by atoms with Gasteiger partial charge in [0.25, 0.3) is 5.91 Å². The van der Waals surface area contributed by atoms with Crippen molar-refractivity contribution in [2.45, 2.75) is 44.6 Å². The quantitative estimate of drug-likeness (QED) is 0.863. The van der Waals surface area contributed by atoms with E-state index < -0.39 is 0 Å². The summed E-state index contributed by atoms with van der Waals surface area (Å²) in [4.78, 5) is 14.5. The van der Waals surface area contributed by atoms with Crippen molar-refractivity contribution in [1.82, 2.24) is 4.90 Å². The largest absolute Gasteiger partial charge is 0.492 e. The summed E-state index contributed by atoms with van der Waals surface area (Å²) in [6, 6.07) is 5.74. The van der Waals surface area contributed by atoms with Crippen LogP contribution in [0.15, 0.2) is 18.2 Å². The molecule has 0 saturated carbocycles. The number of hydrogen-bond acceptors (Lipinski definition) is 3. The van der Waals surface area contributed by atoms with E-state index in [0.29, 0.717) is 19.6 Å². The Morgan fingerprint density at radius 3 is 2.95 bits per heavy atom. The summed E-state index contributed by atoms with van der Waals surface area (Å²) in [6.45, 7) is 6.30. The van der Waals surface area contributed by atoms with Crippen LogP contribution in [0.2, 0.25) is 0 Å². The van der Waals surface area contributed by atoms with Crippen molar-refractivity contribution >= 4 is 5.91 Å². The van der Waals surface area contributed by atoms with Crippen LogP contribution in [-0.2, 0) is 5.41 Å². The zero-order valence-corrected chi connectivity index (χ0v) is 12.8. The fourth-order valence-corrected chi connectivity index (χ4v) is 3.12. The minimum atomic E-state index is -0.268. The Morgan fingerprint density at radius 1 is 1.33 bits per heavy atom. The van der Waals surface area contributed by atoms with Crippen LogP contribution in [0.3, 0.4) is 0 Å². The number of carbonyl (C=O) groups is 1. The molecule has 1 atom stereocenters. The molecule has 2 heterocycles. The summed E-state index contributed by atoms with van der Waals surface area (Å²) in [6.07, 6.45) is 2.06. The van der Waals surface area contributed by atoms with Gasteiger partial charge < -0.3 is 14.7 Å². The van der Waals surface area contributed by atoms with Gasteiger partial charge in [-0.3, -0.25) is 4.79 Å². The maximum Gasteiger partial charge on any atom is 0.253 e. The summed E-state index contributed by atoms with van der Waals surface area (Å²) in [5.74, 6) is 0.956. The summed E-state index contributed by atoms with van der Waals surface area (Å²) in [5, 5.41) is 9.70. The smallest absolute Gasteiger partial charge is 0.253 e. The van der Waals surface area contributed by atoms with Crippen LogP contribution >= 0.6 is 0 Å². The number of ether oxygens (including phenoxy) is 1. The maximum atomic E-state index is 12.7. The molecule has 0 bridgehead atoms. The monoisotopic (exact) mass is 289 g/mol. The number of amides is 1.